The van der Waals surface area contributed by atoms with Gasteiger partial charge < -0.3 is 5.73 Å². The summed E-state index contributed by atoms with van der Waals surface area (Å²) in [5, 5.41) is 0. The molecule has 0 bridgehead atoms. The van der Waals surface area contributed by atoms with Crippen LogP contribution in [-0.4, -0.2) is 23.8 Å². The molecule has 1 heterocycles. The number of aliphatic imine (C=N–C) groups is 1. The predicted octanol–water partition coefficient (Wildman–Crippen LogP) is 5.36. The van der Waals surface area contributed by atoms with E-state index in [2.05, 4.69) is 11.9 Å². The number of alkyl halides is 3. The Kier molecular flexibility index (Phi) is 6.62. The van der Waals surface area contributed by atoms with Crippen molar-refractivity contribution in [2.75, 3.05) is 7.05 Å². The Balaban J connectivity index is 2.10. The molecule has 0 aromatic heterocycles. The van der Waals surface area contributed by atoms with E-state index < -0.39 is 29.1 Å². The highest BCUT2D eigenvalue weighted by atomic mass is 19.4. The van der Waals surface area contributed by atoms with Gasteiger partial charge in [-0.05, 0) is 54.7 Å². The fraction of sp³-hybridized carbons (Fsp3) is 0.417. The first-order chi connectivity index (χ1) is 15.0. The van der Waals surface area contributed by atoms with E-state index in [1.54, 1.807) is 19.1 Å². The molecule has 0 saturated heterocycles. The summed E-state index contributed by atoms with van der Waals surface area (Å²) in [5.41, 5.74) is 5.47. The molecular weight excluding hydrogens is 422 g/mol. The topological polar surface area (TPSA) is 58.7 Å². The van der Waals surface area contributed by atoms with Gasteiger partial charge in [-0.25, -0.2) is 9.38 Å². The van der Waals surface area contributed by atoms with Gasteiger partial charge in [-0.1, -0.05) is 44.0 Å². The molecule has 2 N–H and O–H groups in total. The molecule has 2 atom stereocenters. The van der Waals surface area contributed by atoms with E-state index in [-0.39, 0.29) is 11.8 Å². The third-order valence-corrected chi connectivity index (χ3v) is 6.08. The molecule has 3 rings (SSSR count). The molecule has 2 aromatic rings. The number of hydrogen-bond acceptors (Lipinski definition) is 3. The maximum atomic E-state index is 14.4. The number of unbranched alkanes of at least 4 members (excludes halogenated alkanes) is 2. The standard InChI is InChI=1S/C24H27F4N3O/c1-4-5-6-7-16-14-18(12-13-19(16)25)23(2)20(21(32)31(3)22(29)30-23)15-8-10-17(11-9-15)24(26,27)28/h8-14,20H,4-7H2,1-3H3,(H2,29,30)/t20-,23+/m0/s1. The largest absolute Gasteiger partial charge is 0.416 e. The normalized spacial score (nSPS) is 21.6. The summed E-state index contributed by atoms with van der Waals surface area (Å²) in [7, 11) is 1.47. The van der Waals surface area contributed by atoms with Crippen molar-refractivity contribution < 1.29 is 22.4 Å². The predicted molar refractivity (Wildman–Crippen MR) is 116 cm³/mol. The molecule has 0 aliphatic carbocycles. The van der Waals surface area contributed by atoms with Gasteiger partial charge >= 0.3 is 6.18 Å². The zero-order chi connectivity index (χ0) is 23.7. The lowest BCUT2D eigenvalue weighted by molar-refractivity contribution is -0.137. The maximum absolute atomic E-state index is 14.4. The van der Waals surface area contributed by atoms with Crippen LogP contribution in [0.4, 0.5) is 17.6 Å². The minimum absolute atomic E-state index is 0.00230. The summed E-state index contributed by atoms with van der Waals surface area (Å²) >= 11 is 0. The van der Waals surface area contributed by atoms with Crippen molar-refractivity contribution in [1.29, 1.82) is 0 Å². The van der Waals surface area contributed by atoms with E-state index in [1.807, 2.05) is 0 Å². The summed E-state index contributed by atoms with van der Waals surface area (Å²) in [6.07, 6.45) is -1.16. The van der Waals surface area contributed by atoms with Gasteiger partial charge in [0.15, 0.2) is 5.96 Å². The minimum Gasteiger partial charge on any atom is -0.369 e. The molecule has 172 valence electrons. The monoisotopic (exact) mass is 449 g/mol. The number of halogens is 4. The SMILES string of the molecule is CCCCCc1cc([C@@]2(C)N=C(N)N(C)C(=O)[C@@H]2c2ccc(C(F)(F)F)cc2)ccc1F. The Morgan fingerprint density at radius 2 is 1.78 bits per heavy atom. The van der Waals surface area contributed by atoms with Crippen molar-refractivity contribution in [3.8, 4) is 0 Å². The molecule has 1 amide bonds. The molecule has 8 heteroatoms. The zero-order valence-corrected chi connectivity index (χ0v) is 18.3. The Morgan fingerprint density at radius 1 is 1.12 bits per heavy atom. The minimum atomic E-state index is -4.48. The number of benzene rings is 2. The molecule has 1 aliphatic heterocycles. The first-order valence-electron chi connectivity index (χ1n) is 10.6. The lowest BCUT2D eigenvalue weighted by Gasteiger charge is -2.41. The van der Waals surface area contributed by atoms with Crippen molar-refractivity contribution in [3.05, 3.63) is 70.5 Å². The summed E-state index contributed by atoms with van der Waals surface area (Å²) in [4.78, 5) is 19.0. The number of hydrogen-bond donors (Lipinski definition) is 1. The number of likely N-dealkylation sites (N-methyl/N-ethyl adjacent to an activating group) is 1. The smallest absolute Gasteiger partial charge is 0.369 e. The maximum Gasteiger partial charge on any atom is 0.416 e. The van der Waals surface area contributed by atoms with Crippen molar-refractivity contribution in [2.45, 2.75) is 57.2 Å². The lowest BCUT2D eigenvalue weighted by Crippen LogP contribution is -2.52. The fourth-order valence-electron chi connectivity index (χ4n) is 4.13. The molecule has 0 saturated carbocycles. The summed E-state index contributed by atoms with van der Waals surface area (Å²) in [5.74, 6) is -1.65. The summed E-state index contributed by atoms with van der Waals surface area (Å²) < 4.78 is 53.5. The van der Waals surface area contributed by atoms with Crippen molar-refractivity contribution in [3.63, 3.8) is 0 Å². The molecule has 0 fully saturated rings. The second-order valence-corrected chi connectivity index (χ2v) is 8.33. The summed E-state index contributed by atoms with van der Waals surface area (Å²) in [6.45, 7) is 3.76. The van der Waals surface area contributed by atoms with Crippen LogP contribution in [0.1, 0.15) is 61.3 Å². The number of carbonyl (C=O) groups is 1. The van der Waals surface area contributed by atoms with Crippen LogP contribution in [0.2, 0.25) is 0 Å². The first kappa shape index (κ1) is 23.8. The third-order valence-electron chi connectivity index (χ3n) is 6.08. The van der Waals surface area contributed by atoms with Gasteiger partial charge in [-0.2, -0.15) is 13.2 Å². The highest BCUT2D eigenvalue weighted by molar-refractivity contribution is 6.02. The van der Waals surface area contributed by atoms with Crippen LogP contribution < -0.4 is 5.73 Å². The number of carbonyl (C=O) groups excluding carboxylic acids is 1. The number of guanidine groups is 1. The summed E-state index contributed by atoms with van der Waals surface area (Å²) in [6, 6.07) is 9.08. The van der Waals surface area contributed by atoms with E-state index in [0.29, 0.717) is 23.1 Å². The second-order valence-electron chi connectivity index (χ2n) is 8.33. The van der Waals surface area contributed by atoms with Crippen LogP contribution in [-0.2, 0) is 22.9 Å². The average molecular weight is 449 g/mol. The first-order valence-corrected chi connectivity index (χ1v) is 10.6. The average Bonchev–Trinajstić information content (AvgIpc) is 2.73. The Labute approximate surface area is 185 Å². The number of nitrogens with two attached hydrogens (primary N) is 1. The van der Waals surface area contributed by atoms with E-state index in [1.165, 1.54) is 30.1 Å². The van der Waals surface area contributed by atoms with Crippen LogP contribution in [0.3, 0.4) is 0 Å². The number of aryl methyl sites for hydroxylation is 1. The van der Waals surface area contributed by atoms with Crippen molar-refractivity contribution in [1.82, 2.24) is 4.90 Å². The van der Waals surface area contributed by atoms with Gasteiger partial charge in [0.1, 0.15) is 11.4 Å². The van der Waals surface area contributed by atoms with Gasteiger partial charge in [-0.3, -0.25) is 9.69 Å². The van der Waals surface area contributed by atoms with Gasteiger partial charge in [0.05, 0.1) is 11.5 Å². The van der Waals surface area contributed by atoms with Crippen LogP contribution >= 0.6 is 0 Å². The molecule has 0 spiro atoms. The molecule has 32 heavy (non-hydrogen) atoms. The fourth-order valence-corrected chi connectivity index (χ4v) is 4.13. The molecule has 0 radical (unpaired) electrons. The molecule has 4 nitrogen and oxygen atoms in total. The highest BCUT2D eigenvalue weighted by Gasteiger charge is 2.47. The van der Waals surface area contributed by atoms with Gasteiger partial charge in [-0.15, -0.1) is 0 Å². The van der Waals surface area contributed by atoms with Crippen molar-refractivity contribution >= 4 is 11.9 Å². The van der Waals surface area contributed by atoms with Crippen molar-refractivity contribution in [2.24, 2.45) is 10.7 Å². The third kappa shape index (κ3) is 4.49. The van der Waals surface area contributed by atoms with Gasteiger partial charge in [0.2, 0.25) is 5.91 Å². The van der Waals surface area contributed by atoms with Crippen LogP contribution in [0, 0.1) is 5.82 Å². The quantitative estimate of drug-likeness (QED) is 0.477. The number of rotatable bonds is 6. The van der Waals surface area contributed by atoms with E-state index >= 15 is 0 Å². The molecule has 2 aromatic carbocycles. The Bertz CT molecular complexity index is 1020. The second kappa shape index (κ2) is 8.92. The van der Waals surface area contributed by atoms with Gasteiger partial charge in [0.25, 0.3) is 0 Å². The van der Waals surface area contributed by atoms with E-state index in [0.717, 1.165) is 31.4 Å². The highest BCUT2D eigenvalue weighted by Crippen LogP contribution is 2.44. The Hall–Kier alpha value is -2.90. The number of amides is 1. The Morgan fingerprint density at radius 3 is 2.38 bits per heavy atom. The van der Waals surface area contributed by atoms with E-state index in [4.69, 9.17) is 5.73 Å². The van der Waals surface area contributed by atoms with Crippen LogP contribution in [0.25, 0.3) is 0 Å². The van der Waals surface area contributed by atoms with E-state index in [9.17, 15) is 22.4 Å². The molecule has 0 unspecified atom stereocenters. The molecule has 1 aliphatic rings. The number of nitrogens with zero attached hydrogens (tertiary/aromatic N) is 2. The lowest BCUT2D eigenvalue weighted by atomic mass is 9.74. The molecular formula is C24H27F4N3O. The van der Waals surface area contributed by atoms with Crippen LogP contribution in [0.15, 0.2) is 47.5 Å². The zero-order valence-electron chi connectivity index (χ0n) is 18.3. The van der Waals surface area contributed by atoms with Crippen LogP contribution in [0.5, 0.6) is 0 Å². The van der Waals surface area contributed by atoms with Gasteiger partial charge in [0, 0.05) is 7.05 Å².